The molecular weight excluding hydrogens is 346 g/mol. The first kappa shape index (κ1) is 16.8. The molecule has 1 amide bonds. The molecule has 4 rings (SSSR count). The van der Waals surface area contributed by atoms with Crippen LogP contribution in [0.3, 0.4) is 0 Å². The Morgan fingerprint density at radius 2 is 2.12 bits per heavy atom. The molecule has 0 radical (unpaired) electrons. The van der Waals surface area contributed by atoms with Gasteiger partial charge in [0.15, 0.2) is 0 Å². The monoisotopic (exact) mass is 365 g/mol. The van der Waals surface area contributed by atoms with E-state index in [4.69, 9.17) is 4.52 Å². The van der Waals surface area contributed by atoms with Gasteiger partial charge >= 0.3 is 0 Å². The third-order valence-electron chi connectivity index (χ3n) is 4.41. The summed E-state index contributed by atoms with van der Waals surface area (Å²) in [7, 11) is 0. The van der Waals surface area contributed by atoms with E-state index in [0.717, 1.165) is 30.0 Å². The number of carbonyl (C=O) groups is 1. The van der Waals surface area contributed by atoms with Crippen LogP contribution in [0.25, 0.3) is 0 Å². The van der Waals surface area contributed by atoms with Gasteiger partial charge < -0.3 is 9.84 Å². The van der Waals surface area contributed by atoms with Crippen molar-refractivity contribution in [2.75, 3.05) is 5.32 Å². The van der Waals surface area contributed by atoms with E-state index in [0.29, 0.717) is 16.3 Å². The molecule has 0 bridgehead atoms. The molecule has 0 aliphatic heterocycles. The first-order valence-electron chi connectivity index (χ1n) is 8.62. The van der Waals surface area contributed by atoms with Gasteiger partial charge in [-0.05, 0) is 61.6 Å². The molecule has 1 aliphatic rings. The van der Waals surface area contributed by atoms with Crippen LogP contribution in [0.1, 0.15) is 39.4 Å². The minimum absolute atomic E-state index is 0.144. The second-order valence-electron chi connectivity index (χ2n) is 6.36. The van der Waals surface area contributed by atoms with Gasteiger partial charge in [0, 0.05) is 23.7 Å². The number of aryl methyl sites for hydroxylation is 3. The molecule has 6 heteroatoms. The summed E-state index contributed by atoms with van der Waals surface area (Å²) in [5, 5.41) is 7.67. The first-order chi connectivity index (χ1) is 12.7. The summed E-state index contributed by atoms with van der Waals surface area (Å²) in [6.07, 6.45) is 5.11. The Balaban J connectivity index is 1.49. The molecule has 2 aromatic heterocycles. The third kappa shape index (κ3) is 3.65. The molecule has 3 aromatic rings. The number of aromatic nitrogens is 2. The molecular formula is C20H19N3O2S. The minimum atomic E-state index is -0.144. The average molecular weight is 365 g/mol. The number of pyridine rings is 1. The number of fused-ring (bicyclic) bond motifs is 1. The lowest BCUT2D eigenvalue weighted by Crippen LogP contribution is -2.13. The van der Waals surface area contributed by atoms with Crippen molar-refractivity contribution in [3.8, 4) is 0 Å². The Kier molecular flexibility index (Phi) is 4.75. The van der Waals surface area contributed by atoms with E-state index in [-0.39, 0.29) is 5.91 Å². The smallest absolute Gasteiger partial charge is 0.258 e. The summed E-state index contributed by atoms with van der Waals surface area (Å²) < 4.78 is 5.08. The van der Waals surface area contributed by atoms with E-state index < -0.39 is 0 Å². The van der Waals surface area contributed by atoms with E-state index in [1.54, 1.807) is 18.3 Å². The predicted molar refractivity (Wildman–Crippen MR) is 101 cm³/mol. The molecule has 1 N–H and O–H groups in total. The van der Waals surface area contributed by atoms with Crippen LogP contribution in [0.15, 0.2) is 52.1 Å². The zero-order valence-electron chi connectivity index (χ0n) is 14.5. The van der Waals surface area contributed by atoms with Gasteiger partial charge in [-0.3, -0.25) is 4.79 Å². The third-order valence-corrected chi connectivity index (χ3v) is 5.44. The summed E-state index contributed by atoms with van der Waals surface area (Å²) in [5.41, 5.74) is 4.97. The Labute approximate surface area is 156 Å². The Morgan fingerprint density at radius 1 is 1.23 bits per heavy atom. The van der Waals surface area contributed by atoms with E-state index in [9.17, 15) is 4.79 Å². The number of benzene rings is 1. The maximum Gasteiger partial charge on any atom is 0.258 e. The summed E-state index contributed by atoms with van der Waals surface area (Å²) in [6.45, 7) is 1.86. The van der Waals surface area contributed by atoms with Crippen molar-refractivity contribution in [2.45, 2.75) is 37.0 Å². The molecule has 2 heterocycles. The van der Waals surface area contributed by atoms with Gasteiger partial charge in [0.1, 0.15) is 10.8 Å². The molecule has 0 fully saturated rings. The van der Waals surface area contributed by atoms with Crippen molar-refractivity contribution in [2.24, 2.45) is 0 Å². The van der Waals surface area contributed by atoms with Crippen molar-refractivity contribution < 1.29 is 9.32 Å². The number of carbonyl (C=O) groups excluding carboxylic acids is 1. The molecule has 0 spiro atoms. The van der Waals surface area contributed by atoms with Gasteiger partial charge in [-0.1, -0.05) is 23.0 Å². The highest BCUT2D eigenvalue weighted by atomic mass is 32.2. The highest BCUT2D eigenvalue weighted by Crippen LogP contribution is 2.27. The molecule has 1 aromatic carbocycles. The van der Waals surface area contributed by atoms with Crippen molar-refractivity contribution in [1.29, 1.82) is 0 Å². The normalized spacial score (nSPS) is 12.8. The van der Waals surface area contributed by atoms with Gasteiger partial charge in [-0.15, -0.1) is 0 Å². The van der Waals surface area contributed by atoms with Crippen LogP contribution in [0.2, 0.25) is 0 Å². The molecule has 132 valence electrons. The number of nitrogens with zero attached hydrogens (tertiary/aromatic N) is 2. The van der Waals surface area contributed by atoms with E-state index >= 15 is 0 Å². The van der Waals surface area contributed by atoms with Crippen molar-refractivity contribution in [3.05, 3.63) is 70.7 Å². The summed E-state index contributed by atoms with van der Waals surface area (Å²) >= 11 is 1.48. The zero-order valence-corrected chi connectivity index (χ0v) is 15.3. The van der Waals surface area contributed by atoms with Crippen LogP contribution in [-0.2, 0) is 18.6 Å². The van der Waals surface area contributed by atoms with Crippen molar-refractivity contribution in [1.82, 2.24) is 10.1 Å². The lowest BCUT2D eigenvalue weighted by atomic mass is 10.1. The van der Waals surface area contributed by atoms with Crippen LogP contribution in [-0.4, -0.2) is 16.0 Å². The van der Waals surface area contributed by atoms with Gasteiger partial charge in [0.2, 0.25) is 0 Å². The molecule has 26 heavy (non-hydrogen) atoms. The van der Waals surface area contributed by atoms with Gasteiger partial charge in [-0.2, -0.15) is 0 Å². The van der Waals surface area contributed by atoms with E-state index in [2.05, 4.69) is 27.6 Å². The van der Waals surface area contributed by atoms with Gasteiger partial charge in [-0.25, -0.2) is 4.98 Å². The topological polar surface area (TPSA) is 68.0 Å². The van der Waals surface area contributed by atoms with Crippen LogP contribution in [0.4, 0.5) is 5.69 Å². The van der Waals surface area contributed by atoms with Gasteiger partial charge in [0.05, 0.1) is 11.3 Å². The van der Waals surface area contributed by atoms with E-state index in [1.165, 1.54) is 29.3 Å². The molecule has 1 aliphatic carbocycles. The number of hydrogen-bond acceptors (Lipinski definition) is 5. The summed E-state index contributed by atoms with van der Waals surface area (Å²) in [5.74, 6) is 1.24. The first-order valence-corrected chi connectivity index (χ1v) is 9.61. The molecule has 0 unspecified atom stereocenters. The van der Waals surface area contributed by atoms with Crippen LogP contribution in [0, 0.1) is 6.92 Å². The standard InChI is InChI=1S/C20H19N3O2S/c1-13-10-17(23-25-13)12-26-20-18(6-3-9-21-20)19(24)22-16-8-7-14-4-2-5-15(14)11-16/h3,6-11H,2,4-5,12H2,1H3,(H,22,24). The number of hydrogen-bond donors (Lipinski definition) is 1. The lowest BCUT2D eigenvalue weighted by Gasteiger charge is -2.10. The second-order valence-corrected chi connectivity index (χ2v) is 7.33. The lowest BCUT2D eigenvalue weighted by molar-refractivity contribution is 0.102. The number of amides is 1. The Morgan fingerprint density at radius 3 is 2.96 bits per heavy atom. The largest absolute Gasteiger partial charge is 0.361 e. The van der Waals surface area contributed by atoms with Crippen LogP contribution >= 0.6 is 11.8 Å². The number of anilines is 1. The summed E-state index contributed by atoms with van der Waals surface area (Å²) in [4.78, 5) is 17.1. The van der Waals surface area contributed by atoms with Gasteiger partial charge in [0.25, 0.3) is 5.91 Å². The van der Waals surface area contributed by atoms with Crippen molar-refractivity contribution >= 4 is 23.4 Å². The molecule has 0 saturated carbocycles. The minimum Gasteiger partial charge on any atom is -0.361 e. The quantitative estimate of drug-likeness (QED) is 0.678. The predicted octanol–water partition coefficient (Wildman–Crippen LogP) is 4.41. The molecule has 0 atom stereocenters. The Bertz CT molecular complexity index is 952. The fourth-order valence-electron chi connectivity index (χ4n) is 3.15. The Hall–Kier alpha value is -2.60. The van der Waals surface area contributed by atoms with Crippen molar-refractivity contribution in [3.63, 3.8) is 0 Å². The number of rotatable bonds is 5. The zero-order chi connectivity index (χ0) is 17.9. The summed E-state index contributed by atoms with van der Waals surface area (Å²) in [6, 6.07) is 11.6. The number of thioether (sulfide) groups is 1. The molecule has 5 nitrogen and oxygen atoms in total. The average Bonchev–Trinajstić information content (AvgIpc) is 3.28. The van der Waals surface area contributed by atoms with Crippen LogP contribution in [0.5, 0.6) is 0 Å². The maximum atomic E-state index is 12.8. The van der Waals surface area contributed by atoms with E-state index in [1.807, 2.05) is 19.1 Å². The maximum absolute atomic E-state index is 12.8. The fourth-order valence-corrected chi connectivity index (χ4v) is 4.03. The fraction of sp³-hybridized carbons (Fsp3) is 0.250. The number of nitrogens with one attached hydrogen (secondary N) is 1. The molecule has 0 saturated heterocycles. The van der Waals surface area contributed by atoms with Crippen LogP contribution < -0.4 is 5.32 Å². The highest BCUT2D eigenvalue weighted by Gasteiger charge is 2.16. The highest BCUT2D eigenvalue weighted by molar-refractivity contribution is 7.98. The second kappa shape index (κ2) is 7.33. The SMILES string of the molecule is Cc1cc(CSc2ncccc2C(=O)Nc2ccc3c(c2)CCC3)no1.